The van der Waals surface area contributed by atoms with Crippen molar-refractivity contribution in [2.75, 3.05) is 0 Å². The molecule has 1 aliphatic rings. The largest absolute Gasteiger partial charge is 0.131 e. The van der Waals surface area contributed by atoms with Crippen LogP contribution in [-0.2, 0) is 0 Å². The number of aryl methyl sites for hydroxylation is 2. The van der Waals surface area contributed by atoms with Gasteiger partial charge in [-0.3, -0.25) is 0 Å². The Hall–Kier alpha value is -0.350. The van der Waals surface area contributed by atoms with E-state index in [0.717, 1.165) is 5.92 Å². The maximum atomic E-state index is 3.02. The summed E-state index contributed by atoms with van der Waals surface area (Å²) < 4.78 is 0. The highest BCUT2D eigenvalue weighted by molar-refractivity contribution is 7.19. The Morgan fingerprint density at radius 3 is 2.14 bits per heavy atom. The van der Waals surface area contributed by atoms with Crippen molar-refractivity contribution in [3.8, 4) is 0 Å². The molecule has 0 aliphatic heterocycles. The lowest BCUT2D eigenvalue weighted by molar-refractivity contribution is 0.322. The first kappa shape index (κ1) is 10.2. The molecule has 0 amide bonds. The van der Waals surface area contributed by atoms with Gasteiger partial charge < -0.3 is 0 Å². The summed E-state index contributed by atoms with van der Waals surface area (Å²) in [4.78, 5) is 0. The number of hydrogen-bond acceptors (Lipinski definition) is 0. The SMILES string of the molecule is Cc1cc(C)cc(C2CCC2(C)P)c1. The maximum absolute atomic E-state index is 3.02. The first-order valence-electron chi connectivity index (χ1n) is 5.36. The molecule has 0 spiro atoms. The third-order valence-electron chi connectivity index (χ3n) is 3.41. The van der Waals surface area contributed by atoms with Gasteiger partial charge in [0.2, 0.25) is 0 Å². The second kappa shape index (κ2) is 3.35. The Balaban J connectivity index is 2.33. The van der Waals surface area contributed by atoms with E-state index in [1.165, 1.54) is 29.5 Å². The highest BCUT2D eigenvalue weighted by Crippen LogP contribution is 2.51. The minimum absolute atomic E-state index is 0.445. The molecular weight excluding hydrogens is 187 g/mol. The third kappa shape index (κ3) is 1.73. The van der Waals surface area contributed by atoms with Crippen LogP contribution in [0, 0.1) is 13.8 Å². The van der Waals surface area contributed by atoms with Gasteiger partial charge in [0.1, 0.15) is 0 Å². The van der Waals surface area contributed by atoms with Crippen molar-refractivity contribution < 1.29 is 0 Å². The second-order valence-corrected chi connectivity index (χ2v) is 6.34. The molecule has 3 atom stereocenters. The lowest BCUT2D eigenvalue weighted by Crippen LogP contribution is -2.36. The van der Waals surface area contributed by atoms with Gasteiger partial charge in [-0.1, -0.05) is 36.2 Å². The summed E-state index contributed by atoms with van der Waals surface area (Å²) in [5.41, 5.74) is 4.33. The minimum Gasteiger partial charge on any atom is -0.131 e. The number of hydrogen-bond donors (Lipinski definition) is 0. The molecule has 3 unspecified atom stereocenters. The van der Waals surface area contributed by atoms with Gasteiger partial charge in [-0.2, -0.15) is 0 Å². The van der Waals surface area contributed by atoms with E-state index in [1.54, 1.807) is 0 Å². The predicted molar refractivity (Wildman–Crippen MR) is 66.0 cm³/mol. The summed E-state index contributed by atoms with van der Waals surface area (Å²) in [5, 5.41) is 0.445. The molecule has 0 heterocycles. The molecule has 76 valence electrons. The standard InChI is InChI=1S/C13H19P/c1-9-6-10(2)8-11(7-9)12-4-5-13(12,3)14/h6-8,12H,4-5,14H2,1-3H3. The predicted octanol–water partition coefficient (Wildman–Crippen LogP) is 3.81. The van der Waals surface area contributed by atoms with E-state index in [-0.39, 0.29) is 0 Å². The number of benzene rings is 1. The highest BCUT2D eigenvalue weighted by atomic mass is 31.0. The topological polar surface area (TPSA) is 0 Å². The van der Waals surface area contributed by atoms with Gasteiger partial charge >= 0.3 is 0 Å². The zero-order valence-electron chi connectivity index (χ0n) is 9.30. The normalized spacial score (nSPS) is 31.3. The maximum Gasteiger partial charge on any atom is -0.00730 e. The molecule has 0 saturated heterocycles. The van der Waals surface area contributed by atoms with E-state index in [1.807, 2.05) is 0 Å². The third-order valence-corrected chi connectivity index (χ3v) is 4.11. The first-order valence-corrected chi connectivity index (χ1v) is 5.94. The molecule has 1 aromatic rings. The molecule has 14 heavy (non-hydrogen) atoms. The molecule has 0 nitrogen and oxygen atoms in total. The molecule has 1 aromatic carbocycles. The van der Waals surface area contributed by atoms with Crippen molar-refractivity contribution in [1.29, 1.82) is 0 Å². The van der Waals surface area contributed by atoms with Crippen LogP contribution in [0.5, 0.6) is 0 Å². The van der Waals surface area contributed by atoms with Crippen molar-refractivity contribution in [3.63, 3.8) is 0 Å². The molecule has 1 fully saturated rings. The van der Waals surface area contributed by atoms with Crippen LogP contribution in [0.25, 0.3) is 0 Å². The van der Waals surface area contributed by atoms with Crippen molar-refractivity contribution in [1.82, 2.24) is 0 Å². The minimum atomic E-state index is 0.445. The number of rotatable bonds is 1. The van der Waals surface area contributed by atoms with Crippen molar-refractivity contribution in [2.45, 2.75) is 44.7 Å². The van der Waals surface area contributed by atoms with Crippen LogP contribution in [0.4, 0.5) is 0 Å². The molecule has 0 N–H and O–H groups in total. The average Bonchev–Trinajstić information content (AvgIpc) is 2.00. The monoisotopic (exact) mass is 206 g/mol. The van der Waals surface area contributed by atoms with E-state index in [9.17, 15) is 0 Å². The Labute approximate surface area is 89.3 Å². The van der Waals surface area contributed by atoms with Crippen LogP contribution in [0.15, 0.2) is 18.2 Å². The van der Waals surface area contributed by atoms with Crippen LogP contribution in [-0.4, -0.2) is 5.16 Å². The highest BCUT2D eigenvalue weighted by Gasteiger charge is 2.39. The Kier molecular flexibility index (Phi) is 2.43. The van der Waals surface area contributed by atoms with Gasteiger partial charge in [-0.05, 0) is 43.3 Å². The summed E-state index contributed by atoms with van der Waals surface area (Å²) in [5.74, 6) is 0.756. The van der Waals surface area contributed by atoms with Crippen molar-refractivity contribution in [2.24, 2.45) is 0 Å². The molecule has 1 heteroatoms. The van der Waals surface area contributed by atoms with Gasteiger partial charge in [-0.25, -0.2) is 0 Å². The Bertz CT molecular complexity index is 332. The summed E-state index contributed by atoms with van der Waals surface area (Å²) in [7, 11) is 3.02. The van der Waals surface area contributed by atoms with E-state index < -0.39 is 0 Å². The van der Waals surface area contributed by atoms with Gasteiger partial charge in [0.05, 0.1) is 0 Å². The molecule has 1 aliphatic carbocycles. The smallest absolute Gasteiger partial charge is 0.00730 e. The van der Waals surface area contributed by atoms with Gasteiger partial charge in [-0.15, -0.1) is 9.24 Å². The molecular formula is C13H19P. The van der Waals surface area contributed by atoms with E-state index in [2.05, 4.69) is 48.2 Å². The van der Waals surface area contributed by atoms with Crippen LogP contribution < -0.4 is 0 Å². The molecule has 1 saturated carbocycles. The second-order valence-electron chi connectivity index (χ2n) is 5.02. The molecule has 0 radical (unpaired) electrons. The lowest BCUT2D eigenvalue weighted by Gasteiger charge is -2.45. The quantitative estimate of drug-likeness (QED) is 0.613. The summed E-state index contributed by atoms with van der Waals surface area (Å²) in [6, 6.07) is 6.95. The summed E-state index contributed by atoms with van der Waals surface area (Å²) in [6.45, 7) is 6.73. The van der Waals surface area contributed by atoms with Gasteiger partial charge in [0.15, 0.2) is 0 Å². The Morgan fingerprint density at radius 2 is 1.79 bits per heavy atom. The first-order chi connectivity index (χ1) is 6.49. The van der Waals surface area contributed by atoms with Crippen LogP contribution >= 0.6 is 9.24 Å². The van der Waals surface area contributed by atoms with E-state index in [4.69, 9.17) is 0 Å². The molecule has 2 rings (SSSR count). The van der Waals surface area contributed by atoms with E-state index >= 15 is 0 Å². The van der Waals surface area contributed by atoms with Crippen molar-refractivity contribution in [3.05, 3.63) is 34.9 Å². The fraction of sp³-hybridized carbons (Fsp3) is 0.538. The molecule has 0 aromatic heterocycles. The van der Waals surface area contributed by atoms with E-state index in [0.29, 0.717) is 5.16 Å². The summed E-state index contributed by atoms with van der Waals surface area (Å²) in [6.07, 6.45) is 2.69. The Morgan fingerprint density at radius 1 is 1.21 bits per heavy atom. The van der Waals surface area contributed by atoms with Crippen LogP contribution in [0.1, 0.15) is 42.4 Å². The van der Waals surface area contributed by atoms with Crippen molar-refractivity contribution >= 4 is 9.24 Å². The lowest BCUT2D eigenvalue weighted by atomic mass is 9.70. The zero-order valence-corrected chi connectivity index (χ0v) is 10.5. The summed E-state index contributed by atoms with van der Waals surface area (Å²) >= 11 is 0. The zero-order chi connectivity index (χ0) is 10.3. The van der Waals surface area contributed by atoms with Crippen LogP contribution in [0.3, 0.4) is 0 Å². The van der Waals surface area contributed by atoms with Gasteiger partial charge in [0.25, 0.3) is 0 Å². The fourth-order valence-electron chi connectivity index (χ4n) is 2.50. The fourth-order valence-corrected chi connectivity index (χ4v) is 3.03. The molecule has 0 bridgehead atoms. The van der Waals surface area contributed by atoms with Gasteiger partial charge in [0, 0.05) is 0 Å². The van der Waals surface area contributed by atoms with Crippen LogP contribution in [0.2, 0.25) is 0 Å². The average molecular weight is 206 g/mol.